The maximum atomic E-state index is 12.3. The Morgan fingerprint density at radius 2 is 1.82 bits per heavy atom. The van der Waals surface area contributed by atoms with Crippen molar-refractivity contribution in [3.05, 3.63) is 46.8 Å². The molecular formula is C13H10N4O5. The minimum atomic E-state index is -1.46. The van der Waals surface area contributed by atoms with Gasteiger partial charge in [-0.25, -0.2) is 14.4 Å². The molecule has 1 N–H and O–H groups in total. The summed E-state index contributed by atoms with van der Waals surface area (Å²) in [7, 11) is 0. The van der Waals surface area contributed by atoms with Crippen molar-refractivity contribution in [1.82, 2.24) is 20.3 Å². The van der Waals surface area contributed by atoms with Gasteiger partial charge in [0.2, 0.25) is 0 Å². The zero-order valence-electron chi connectivity index (χ0n) is 11.4. The van der Waals surface area contributed by atoms with Crippen LogP contribution < -0.4 is 0 Å². The molecule has 2 aromatic rings. The van der Waals surface area contributed by atoms with Gasteiger partial charge in [-0.2, -0.15) is 5.01 Å². The first kappa shape index (κ1) is 13.7. The molecule has 0 atom stereocenters. The van der Waals surface area contributed by atoms with E-state index in [9.17, 15) is 19.5 Å². The molecule has 3 rings (SSSR count). The van der Waals surface area contributed by atoms with Gasteiger partial charge in [-0.3, -0.25) is 9.59 Å². The van der Waals surface area contributed by atoms with Crippen LogP contribution in [0.1, 0.15) is 32.1 Å². The second-order valence-corrected chi connectivity index (χ2v) is 4.60. The minimum absolute atomic E-state index is 0.161. The molecule has 1 aromatic heterocycles. The van der Waals surface area contributed by atoms with Crippen molar-refractivity contribution in [3.8, 4) is 0 Å². The SMILES string of the molecule is Cc1nonc1CN(C(=O)O)N1C(=O)c2ccccc2C1=O. The van der Waals surface area contributed by atoms with Crippen LogP contribution in [0.3, 0.4) is 0 Å². The zero-order chi connectivity index (χ0) is 15.9. The van der Waals surface area contributed by atoms with Crippen molar-refractivity contribution in [2.75, 3.05) is 0 Å². The third-order valence-electron chi connectivity index (χ3n) is 3.28. The molecule has 0 radical (unpaired) electrons. The van der Waals surface area contributed by atoms with Crippen molar-refractivity contribution >= 4 is 17.9 Å². The number of nitrogens with zero attached hydrogens (tertiary/aromatic N) is 4. The first-order valence-corrected chi connectivity index (χ1v) is 6.27. The number of benzene rings is 1. The smallest absolute Gasteiger partial charge is 0.427 e. The largest absolute Gasteiger partial charge is 0.464 e. The van der Waals surface area contributed by atoms with Crippen LogP contribution in [0.4, 0.5) is 4.79 Å². The van der Waals surface area contributed by atoms with E-state index in [0.29, 0.717) is 15.7 Å². The van der Waals surface area contributed by atoms with E-state index in [2.05, 4.69) is 14.9 Å². The fourth-order valence-electron chi connectivity index (χ4n) is 2.15. The number of amides is 3. The molecule has 1 aromatic carbocycles. The summed E-state index contributed by atoms with van der Waals surface area (Å²) in [5.41, 5.74) is 0.921. The number of rotatable bonds is 3. The monoisotopic (exact) mass is 302 g/mol. The molecular weight excluding hydrogens is 292 g/mol. The van der Waals surface area contributed by atoms with Gasteiger partial charge in [0.15, 0.2) is 0 Å². The van der Waals surface area contributed by atoms with Gasteiger partial charge in [0.25, 0.3) is 11.8 Å². The summed E-state index contributed by atoms with van der Waals surface area (Å²) in [5.74, 6) is -1.39. The molecule has 3 amide bonds. The van der Waals surface area contributed by atoms with Gasteiger partial charge in [0, 0.05) is 0 Å². The van der Waals surface area contributed by atoms with Crippen molar-refractivity contribution in [2.45, 2.75) is 13.5 Å². The van der Waals surface area contributed by atoms with Gasteiger partial charge in [-0.15, -0.1) is 0 Å². The van der Waals surface area contributed by atoms with Gasteiger partial charge in [0.05, 0.1) is 17.7 Å². The standard InChI is InChI=1S/C13H10N4O5/c1-7-10(15-22-14-7)6-16(13(20)21)17-11(18)8-4-2-3-5-9(8)12(17)19/h2-5H,6H2,1H3,(H,20,21). The molecule has 2 heterocycles. The molecule has 0 saturated heterocycles. The summed E-state index contributed by atoms with van der Waals surface area (Å²) < 4.78 is 4.50. The summed E-state index contributed by atoms with van der Waals surface area (Å²) in [5, 5.41) is 17.6. The van der Waals surface area contributed by atoms with E-state index >= 15 is 0 Å². The number of hydrazine groups is 1. The molecule has 1 aliphatic rings. The lowest BCUT2D eigenvalue weighted by Crippen LogP contribution is -2.48. The average molecular weight is 302 g/mol. The molecule has 22 heavy (non-hydrogen) atoms. The molecule has 0 spiro atoms. The van der Waals surface area contributed by atoms with Crippen molar-refractivity contribution in [1.29, 1.82) is 0 Å². The fourth-order valence-corrected chi connectivity index (χ4v) is 2.15. The van der Waals surface area contributed by atoms with Crippen LogP contribution in [0.5, 0.6) is 0 Å². The Bertz CT molecular complexity index is 749. The van der Waals surface area contributed by atoms with E-state index < -0.39 is 17.9 Å². The number of hydrogen-bond donors (Lipinski definition) is 1. The number of aryl methyl sites for hydroxylation is 1. The molecule has 112 valence electrons. The molecule has 0 aliphatic carbocycles. The Balaban J connectivity index is 1.97. The highest BCUT2D eigenvalue weighted by Crippen LogP contribution is 2.25. The van der Waals surface area contributed by atoms with Crippen LogP contribution >= 0.6 is 0 Å². The maximum absolute atomic E-state index is 12.3. The molecule has 9 nitrogen and oxygen atoms in total. The number of carbonyl (C=O) groups is 3. The van der Waals surface area contributed by atoms with Gasteiger partial charge in [-0.1, -0.05) is 22.4 Å². The number of fused-ring (bicyclic) bond motifs is 1. The normalized spacial score (nSPS) is 13.4. The first-order chi connectivity index (χ1) is 10.5. The van der Waals surface area contributed by atoms with Gasteiger partial charge < -0.3 is 5.11 Å². The quantitative estimate of drug-likeness (QED) is 0.842. The van der Waals surface area contributed by atoms with Crippen LogP contribution in [0, 0.1) is 6.92 Å². The van der Waals surface area contributed by atoms with Crippen molar-refractivity contribution in [2.24, 2.45) is 0 Å². The van der Waals surface area contributed by atoms with E-state index in [-0.39, 0.29) is 23.4 Å². The predicted molar refractivity (Wildman–Crippen MR) is 69.5 cm³/mol. The van der Waals surface area contributed by atoms with E-state index in [1.165, 1.54) is 12.1 Å². The average Bonchev–Trinajstić information content (AvgIpc) is 3.00. The summed E-state index contributed by atoms with van der Waals surface area (Å²) in [6.07, 6.45) is -1.46. The Morgan fingerprint density at radius 3 is 2.27 bits per heavy atom. The highest BCUT2D eigenvalue weighted by atomic mass is 16.6. The number of imide groups is 1. The summed E-state index contributed by atoms with van der Waals surface area (Å²) in [6, 6.07) is 6.14. The molecule has 0 saturated carbocycles. The lowest BCUT2D eigenvalue weighted by atomic mass is 10.1. The van der Waals surface area contributed by atoms with E-state index in [4.69, 9.17) is 0 Å². The number of aromatic nitrogens is 2. The first-order valence-electron chi connectivity index (χ1n) is 6.27. The zero-order valence-corrected chi connectivity index (χ0v) is 11.4. The van der Waals surface area contributed by atoms with E-state index in [1.54, 1.807) is 19.1 Å². The van der Waals surface area contributed by atoms with Gasteiger partial charge >= 0.3 is 6.09 Å². The van der Waals surface area contributed by atoms with Gasteiger partial charge in [-0.05, 0) is 19.1 Å². The number of carboxylic acid groups (broad SMARTS) is 1. The van der Waals surface area contributed by atoms with Crippen LogP contribution in [0.25, 0.3) is 0 Å². The van der Waals surface area contributed by atoms with Crippen LogP contribution in [0.15, 0.2) is 28.9 Å². The van der Waals surface area contributed by atoms with Crippen molar-refractivity contribution in [3.63, 3.8) is 0 Å². The minimum Gasteiger partial charge on any atom is -0.464 e. The second-order valence-electron chi connectivity index (χ2n) is 4.60. The van der Waals surface area contributed by atoms with Crippen LogP contribution in [-0.2, 0) is 6.54 Å². The molecule has 9 heteroatoms. The Labute approximate surface area is 123 Å². The Hall–Kier alpha value is -3.23. The third kappa shape index (κ3) is 1.99. The molecule has 0 unspecified atom stereocenters. The Morgan fingerprint density at radius 1 is 1.23 bits per heavy atom. The van der Waals surface area contributed by atoms with Crippen LogP contribution in [-0.4, -0.2) is 43.3 Å². The van der Waals surface area contributed by atoms with Crippen LogP contribution in [0.2, 0.25) is 0 Å². The molecule has 0 bridgehead atoms. The summed E-state index contributed by atoms with van der Waals surface area (Å²) in [4.78, 5) is 36.1. The highest BCUT2D eigenvalue weighted by Gasteiger charge is 2.41. The summed E-state index contributed by atoms with van der Waals surface area (Å²) in [6.45, 7) is 1.25. The number of hydrogen-bond acceptors (Lipinski definition) is 6. The fraction of sp³-hybridized carbons (Fsp3) is 0.154. The van der Waals surface area contributed by atoms with Crippen molar-refractivity contribution < 1.29 is 24.1 Å². The topological polar surface area (TPSA) is 117 Å². The third-order valence-corrected chi connectivity index (χ3v) is 3.28. The molecule has 1 aliphatic heterocycles. The maximum Gasteiger partial charge on any atom is 0.427 e. The Kier molecular flexibility index (Phi) is 3.09. The van der Waals surface area contributed by atoms with E-state index in [0.717, 1.165) is 0 Å². The summed E-state index contributed by atoms with van der Waals surface area (Å²) >= 11 is 0. The van der Waals surface area contributed by atoms with Gasteiger partial charge in [0.1, 0.15) is 11.4 Å². The lowest BCUT2D eigenvalue weighted by Gasteiger charge is -2.26. The lowest BCUT2D eigenvalue weighted by molar-refractivity contribution is 0.00245. The second kappa shape index (κ2) is 4.95. The highest BCUT2D eigenvalue weighted by molar-refractivity contribution is 6.21. The predicted octanol–water partition coefficient (Wildman–Crippen LogP) is 1.07. The number of carbonyl (C=O) groups excluding carboxylic acids is 2. The van der Waals surface area contributed by atoms with E-state index in [1.807, 2.05) is 0 Å². The molecule has 0 fully saturated rings.